The maximum absolute atomic E-state index is 12.9. The van der Waals surface area contributed by atoms with Crippen LogP contribution in [0.4, 0.5) is 19.0 Å². The summed E-state index contributed by atoms with van der Waals surface area (Å²) in [6, 6.07) is 2.08. The molecule has 0 aromatic carbocycles. The first-order chi connectivity index (χ1) is 8.52. The largest absolute Gasteiger partial charge is 0.419 e. The molecule has 1 unspecified atom stereocenters. The molecule has 0 saturated carbocycles. The highest BCUT2D eigenvalue weighted by molar-refractivity contribution is 5.49. The van der Waals surface area contributed by atoms with Crippen molar-refractivity contribution in [1.29, 1.82) is 0 Å². The molecule has 0 amide bonds. The number of nitrogens with one attached hydrogen (secondary N) is 1. The number of nitrogens with zero attached hydrogens (tertiary/aromatic N) is 2. The Labute approximate surface area is 102 Å². The van der Waals surface area contributed by atoms with Crippen LogP contribution in [-0.2, 0) is 6.18 Å². The molecule has 0 radical (unpaired) electrons. The first-order valence-corrected chi connectivity index (χ1v) is 5.64. The second-order valence-electron chi connectivity index (χ2n) is 4.15. The number of halogens is 3. The van der Waals surface area contributed by atoms with E-state index in [1.165, 1.54) is 12.3 Å². The molecule has 7 heteroatoms. The minimum atomic E-state index is -4.41. The summed E-state index contributed by atoms with van der Waals surface area (Å²) in [6.07, 6.45) is -3.07. The molecule has 2 N–H and O–H groups in total. The van der Waals surface area contributed by atoms with Crippen LogP contribution in [0.25, 0.3) is 0 Å². The van der Waals surface area contributed by atoms with E-state index in [-0.39, 0.29) is 18.5 Å². The molecule has 0 aliphatic carbocycles. The molecule has 0 bridgehead atoms. The number of aromatic nitrogens is 1. The van der Waals surface area contributed by atoms with Gasteiger partial charge in [-0.1, -0.05) is 0 Å². The summed E-state index contributed by atoms with van der Waals surface area (Å²) in [5, 5.41) is 12.1. The minimum Gasteiger partial charge on any atom is -0.395 e. The zero-order chi connectivity index (χ0) is 13.2. The molecule has 2 heterocycles. The topological polar surface area (TPSA) is 48.4 Å². The molecule has 100 valence electrons. The van der Waals surface area contributed by atoms with Gasteiger partial charge in [0.2, 0.25) is 0 Å². The van der Waals surface area contributed by atoms with Crippen molar-refractivity contribution in [3.05, 3.63) is 23.9 Å². The van der Waals surface area contributed by atoms with Crippen molar-refractivity contribution >= 4 is 5.82 Å². The van der Waals surface area contributed by atoms with E-state index < -0.39 is 11.7 Å². The van der Waals surface area contributed by atoms with Crippen LogP contribution in [0.1, 0.15) is 5.56 Å². The summed E-state index contributed by atoms with van der Waals surface area (Å²) < 4.78 is 38.6. The van der Waals surface area contributed by atoms with Gasteiger partial charge in [-0.25, -0.2) is 4.98 Å². The Morgan fingerprint density at radius 2 is 2.28 bits per heavy atom. The molecule has 2 rings (SSSR count). The van der Waals surface area contributed by atoms with E-state index in [2.05, 4.69) is 10.3 Å². The van der Waals surface area contributed by atoms with Crippen molar-refractivity contribution in [2.24, 2.45) is 0 Å². The minimum absolute atomic E-state index is 0.0649. The average Bonchev–Trinajstić information content (AvgIpc) is 2.38. The van der Waals surface area contributed by atoms with E-state index >= 15 is 0 Å². The lowest BCUT2D eigenvalue weighted by atomic mass is 10.1. The Morgan fingerprint density at radius 3 is 2.94 bits per heavy atom. The van der Waals surface area contributed by atoms with Gasteiger partial charge in [-0.15, -0.1) is 0 Å². The van der Waals surface area contributed by atoms with Crippen LogP contribution in [0.2, 0.25) is 0 Å². The number of pyridine rings is 1. The highest BCUT2D eigenvalue weighted by Gasteiger charge is 2.36. The van der Waals surface area contributed by atoms with Gasteiger partial charge < -0.3 is 15.3 Å². The molecule has 0 spiro atoms. The van der Waals surface area contributed by atoms with Gasteiger partial charge in [0.05, 0.1) is 12.2 Å². The third kappa shape index (κ3) is 2.73. The van der Waals surface area contributed by atoms with Crippen LogP contribution in [0.3, 0.4) is 0 Å². The fourth-order valence-corrected chi connectivity index (χ4v) is 2.01. The lowest BCUT2D eigenvalue weighted by Gasteiger charge is -2.34. The highest BCUT2D eigenvalue weighted by Crippen LogP contribution is 2.35. The Kier molecular flexibility index (Phi) is 3.72. The third-order valence-electron chi connectivity index (χ3n) is 2.87. The number of hydrogen-bond acceptors (Lipinski definition) is 4. The van der Waals surface area contributed by atoms with Crippen molar-refractivity contribution in [3.63, 3.8) is 0 Å². The van der Waals surface area contributed by atoms with Gasteiger partial charge in [0.1, 0.15) is 5.82 Å². The molecule has 1 aliphatic heterocycles. The predicted octanol–water partition coefficient (Wildman–Crippen LogP) is 0.871. The van der Waals surface area contributed by atoms with Crippen LogP contribution in [0.5, 0.6) is 0 Å². The standard InChI is InChI=1S/C11H14F3N3O/c12-11(13,14)9-2-1-3-16-10(9)17-5-4-15-8(6-17)7-18/h1-3,8,15,18H,4-7H2. The van der Waals surface area contributed by atoms with Crippen molar-refractivity contribution < 1.29 is 18.3 Å². The first kappa shape index (κ1) is 13.1. The van der Waals surface area contributed by atoms with E-state index in [4.69, 9.17) is 5.11 Å². The highest BCUT2D eigenvalue weighted by atomic mass is 19.4. The number of aliphatic hydroxyl groups is 1. The summed E-state index contributed by atoms with van der Waals surface area (Å²) in [5.41, 5.74) is -0.733. The zero-order valence-electron chi connectivity index (χ0n) is 9.61. The van der Waals surface area contributed by atoms with Gasteiger partial charge in [-0.3, -0.25) is 0 Å². The summed E-state index contributed by atoms with van der Waals surface area (Å²) in [5.74, 6) is -0.0649. The van der Waals surface area contributed by atoms with E-state index in [0.717, 1.165) is 6.07 Å². The summed E-state index contributed by atoms with van der Waals surface area (Å²) in [4.78, 5) is 5.39. The van der Waals surface area contributed by atoms with Gasteiger partial charge in [0.15, 0.2) is 0 Å². The van der Waals surface area contributed by atoms with Gasteiger partial charge in [-0.05, 0) is 12.1 Å². The smallest absolute Gasteiger partial charge is 0.395 e. The molecule has 1 aromatic heterocycles. The van der Waals surface area contributed by atoms with Crippen molar-refractivity contribution in [1.82, 2.24) is 10.3 Å². The van der Waals surface area contributed by atoms with E-state index in [9.17, 15) is 13.2 Å². The fourth-order valence-electron chi connectivity index (χ4n) is 2.01. The van der Waals surface area contributed by atoms with Gasteiger partial charge in [-0.2, -0.15) is 13.2 Å². The van der Waals surface area contributed by atoms with Crippen molar-refractivity contribution in [2.75, 3.05) is 31.1 Å². The predicted molar refractivity (Wildman–Crippen MR) is 60.3 cm³/mol. The lowest BCUT2D eigenvalue weighted by Crippen LogP contribution is -2.53. The van der Waals surface area contributed by atoms with E-state index in [1.807, 2.05) is 0 Å². The monoisotopic (exact) mass is 261 g/mol. The number of piperazine rings is 1. The van der Waals surface area contributed by atoms with Gasteiger partial charge in [0.25, 0.3) is 0 Å². The maximum atomic E-state index is 12.9. The lowest BCUT2D eigenvalue weighted by molar-refractivity contribution is -0.137. The summed E-state index contributed by atoms with van der Waals surface area (Å²) in [7, 11) is 0. The second-order valence-corrected chi connectivity index (χ2v) is 4.15. The second kappa shape index (κ2) is 5.11. The van der Waals surface area contributed by atoms with Gasteiger partial charge >= 0.3 is 6.18 Å². The molecule has 1 saturated heterocycles. The van der Waals surface area contributed by atoms with E-state index in [0.29, 0.717) is 19.6 Å². The molecule has 1 atom stereocenters. The maximum Gasteiger partial charge on any atom is 0.419 e. The summed E-state index contributed by atoms with van der Waals surface area (Å²) in [6.45, 7) is 1.18. The Balaban J connectivity index is 2.27. The van der Waals surface area contributed by atoms with Crippen LogP contribution in [-0.4, -0.2) is 42.4 Å². The quantitative estimate of drug-likeness (QED) is 0.829. The Morgan fingerprint density at radius 1 is 1.50 bits per heavy atom. The normalized spacial score (nSPS) is 21.1. The van der Waals surface area contributed by atoms with Crippen LogP contribution < -0.4 is 10.2 Å². The third-order valence-corrected chi connectivity index (χ3v) is 2.87. The molecular formula is C11H14F3N3O. The average molecular weight is 261 g/mol. The Bertz CT molecular complexity index is 411. The SMILES string of the molecule is OCC1CN(c2ncccc2C(F)(F)F)CCN1. The number of anilines is 1. The number of aliphatic hydroxyl groups excluding tert-OH is 1. The Hall–Kier alpha value is -1.34. The van der Waals surface area contributed by atoms with Crippen molar-refractivity contribution in [2.45, 2.75) is 12.2 Å². The van der Waals surface area contributed by atoms with Crippen LogP contribution in [0.15, 0.2) is 18.3 Å². The summed E-state index contributed by atoms with van der Waals surface area (Å²) >= 11 is 0. The molecule has 1 aliphatic rings. The molecule has 1 fully saturated rings. The molecule has 4 nitrogen and oxygen atoms in total. The van der Waals surface area contributed by atoms with Crippen LogP contribution in [0, 0.1) is 0 Å². The van der Waals surface area contributed by atoms with E-state index in [1.54, 1.807) is 4.90 Å². The molecule has 1 aromatic rings. The number of alkyl halides is 3. The zero-order valence-corrected chi connectivity index (χ0v) is 9.61. The molecule has 18 heavy (non-hydrogen) atoms. The fraction of sp³-hybridized carbons (Fsp3) is 0.545. The molecular weight excluding hydrogens is 247 g/mol. The number of rotatable bonds is 2. The van der Waals surface area contributed by atoms with Gasteiger partial charge in [0, 0.05) is 31.9 Å². The van der Waals surface area contributed by atoms with Crippen molar-refractivity contribution in [3.8, 4) is 0 Å². The van der Waals surface area contributed by atoms with Crippen LogP contribution >= 0.6 is 0 Å². The number of hydrogen-bond donors (Lipinski definition) is 2. The first-order valence-electron chi connectivity index (χ1n) is 5.64.